The Labute approximate surface area is 94.1 Å². The predicted molar refractivity (Wildman–Crippen MR) is 58.0 cm³/mol. The van der Waals surface area contributed by atoms with Crippen LogP contribution >= 0.6 is 27.7 Å². The van der Waals surface area contributed by atoms with E-state index >= 15 is 0 Å². The molecular formula is C9H7BrN2OS. The number of oxazole rings is 1. The highest BCUT2D eigenvalue weighted by atomic mass is 79.9. The number of nitrogens with zero attached hydrogens (tertiary/aromatic N) is 2. The summed E-state index contributed by atoms with van der Waals surface area (Å²) in [6.07, 6.45) is 3.20. The van der Waals surface area contributed by atoms with E-state index in [9.17, 15) is 0 Å². The average Bonchev–Trinajstić information content (AvgIpc) is 2.67. The molecule has 0 unspecified atom stereocenters. The molecule has 0 aliphatic carbocycles. The van der Waals surface area contributed by atoms with Gasteiger partial charge in [0.2, 0.25) is 0 Å². The first-order valence-corrected chi connectivity index (χ1v) is 5.76. The Bertz CT molecular complexity index is 405. The van der Waals surface area contributed by atoms with Gasteiger partial charge in [-0.05, 0) is 28.1 Å². The smallest absolute Gasteiger partial charge is 0.255 e. The van der Waals surface area contributed by atoms with Crippen LogP contribution in [0.4, 0.5) is 0 Å². The van der Waals surface area contributed by atoms with Crippen LogP contribution in [0.3, 0.4) is 0 Å². The number of aromatic nitrogens is 2. The lowest BCUT2D eigenvalue weighted by molar-refractivity contribution is 0.454. The highest BCUT2D eigenvalue weighted by molar-refractivity contribution is 9.10. The molecule has 3 nitrogen and oxygen atoms in total. The van der Waals surface area contributed by atoms with Gasteiger partial charge in [-0.1, -0.05) is 17.8 Å². The monoisotopic (exact) mass is 270 g/mol. The van der Waals surface area contributed by atoms with E-state index in [0.29, 0.717) is 5.22 Å². The minimum Gasteiger partial charge on any atom is -0.440 e. The van der Waals surface area contributed by atoms with Crippen molar-refractivity contribution in [1.29, 1.82) is 0 Å². The molecule has 14 heavy (non-hydrogen) atoms. The van der Waals surface area contributed by atoms with Crippen LogP contribution in [-0.4, -0.2) is 9.97 Å². The van der Waals surface area contributed by atoms with Crippen LogP contribution in [0.5, 0.6) is 0 Å². The highest BCUT2D eigenvalue weighted by Gasteiger charge is 2.00. The zero-order valence-electron chi connectivity index (χ0n) is 7.18. The lowest BCUT2D eigenvalue weighted by Crippen LogP contribution is -1.86. The lowest BCUT2D eigenvalue weighted by atomic mass is 10.4. The maximum atomic E-state index is 5.10. The Kier molecular flexibility index (Phi) is 3.21. The molecule has 72 valence electrons. The summed E-state index contributed by atoms with van der Waals surface area (Å²) in [5.41, 5.74) is 1.00. The van der Waals surface area contributed by atoms with Crippen molar-refractivity contribution in [3.8, 4) is 0 Å². The maximum Gasteiger partial charge on any atom is 0.255 e. The number of halogens is 1. The molecule has 2 aromatic rings. The summed E-state index contributed by atoms with van der Waals surface area (Å²) in [6.45, 7) is 0. The molecule has 0 aliphatic rings. The molecule has 2 heterocycles. The number of rotatable bonds is 3. The van der Waals surface area contributed by atoms with E-state index in [-0.39, 0.29) is 0 Å². The third kappa shape index (κ3) is 2.59. The summed E-state index contributed by atoms with van der Waals surface area (Å²) in [5, 5.41) is 0.673. The minimum atomic E-state index is 0.673. The molecular weight excluding hydrogens is 264 g/mol. The van der Waals surface area contributed by atoms with E-state index < -0.39 is 0 Å². The number of hydrogen-bond donors (Lipinski definition) is 0. The topological polar surface area (TPSA) is 38.9 Å². The van der Waals surface area contributed by atoms with Crippen LogP contribution in [0.1, 0.15) is 5.69 Å². The van der Waals surface area contributed by atoms with E-state index in [4.69, 9.17) is 4.42 Å². The summed E-state index contributed by atoms with van der Waals surface area (Å²) in [7, 11) is 0. The van der Waals surface area contributed by atoms with Crippen molar-refractivity contribution < 1.29 is 4.42 Å². The first-order chi connectivity index (χ1) is 6.84. The van der Waals surface area contributed by atoms with Gasteiger partial charge in [-0.25, -0.2) is 9.97 Å². The molecule has 0 radical (unpaired) electrons. The SMILES string of the molecule is Brc1cccc(CSc2ncco2)n1. The second-order valence-corrected chi connectivity index (χ2v) is 4.28. The van der Waals surface area contributed by atoms with E-state index in [1.165, 1.54) is 11.8 Å². The van der Waals surface area contributed by atoms with Crippen LogP contribution in [0.15, 0.2) is 44.9 Å². The first-order valence-electron chi connectivity index (χ1n) is 3.98. The summed E-state index contributed by atoms with van der Waals surface area (Å²) < 4.78 is 5.95. The Morgan fingerprint density at radius 2 is 2.36 bits per heavy atom. The second kappa shape index (κ2) is 4.61. The molecule has 0 atom stereocenters. The molecule has 0 aromatic carbocycles. The van der Waals surface area contributed by atoms with Crippen LogP contribution < -0.4 is 0 Å². The molecule has 0 N–H and O–H groups in total. The van der Waals surface area contributed by atoms with E-state index in [0.717, 1.165) is 16.0 Å². The van der Waals surface area contributed by atoms with Gasteiger partial charge in [0.15, 0.2) is 0 Å². The van der Waals surface area contributed by atoms with Gasteiger partial charge in [0, 0.05) is 5.75 Å². The molecule has 0 saturated heterocycles. The molecule has 2 aromatic heterocycles. The van der Waals surface area contributed by atoms with Crippen molar-refractivity contribution in [3.05, 3.63) is 41.0 Å². The van der Waals surface area contributed by atoms with Gasteiger partial charge in [-0.15, -0.1) is 0 Å². The van der Waals surface area contributed by atoms with Gasteiger partial charge in [0.25, 0.3) is 5.22 Å². The van der Waals surface area contributed by atoms with Gasteiger partial charge in [-0.3, -0.25) is 0 Å². The second-order valence-electron chi connectivity index (χ2n) is 2.54. The number of hydrogen-bond acceptors (Lipinski definition) is 4. The first kappa shape index (κ1) is 9.73. The molecule has 0 fully saturated rings. The third-order valence-corrected chi connectivity index (χ3v) is 2.86. The average molecular weight is 271 g/mol. The molecule has 0 aliphatic heterocycles. The fraction of sp³-hybridized carbons (Fsp3) is 0.111. The molecule has 0 spiro atoms. The van der Waals surface area contributed by atoms with Crippen molar-refractivity contribution in [2.45, 2.75) is 11.0 Å². The van der Waals surface area contributed by atoms with Crippen molar-refractivity contribution in [2.75, 3.05) is 0 Å². The fourth-order valence-electron chi connectivity index (χ4n) is 0.948. The van der Waals surface area contributed by atoms with E-state index in [1.54, 1.807) is 12.5 Å². The maximum absolute atomic E-state index is 5.10. The predicted octanol–water partition coefficient (Wildman–Crippen LogP) is 3.12. The highest BCUT2D eigenvalue weighted by Crippen LogP contribution is 2.20. The molecule has 5 heteroatoms. The van der Waals surface area contributed by atoms with Crippen molar-refractivity contribution in [3.63, 3.8) is 0 Å². The van der Waals surface area contributed by atoms with Crippen LogP contribution in [0.2, 0.25) is 0 Å². The van der Waals surface area contributed by atoms with Gasteiger partial charge < -0.3 is 4.42 Å². The Morgan fingerprint density at radius 3 is 3.07 bits per heavy atom. The molecule has 0 amide bonds. The van der Waals surface area contributed by atoms with E-state index in [1.807, 2.05) is 18.2 Å². The largest absolute Gasteiger partial charge is 0.440 e. The Morgan fingerprint density at radius 1 is 1.43 bits per heavy atom. The van der Waals surface area contributed by atoms with Crippen LogP contribution in [0, 0.1) is 0 Å². The van der Waals surface area contributed by atoms with Crippen molar-refractivity contribution in [1.82, 2.24) is 9.97 Å². The summed E-state index contributed by atoms with van der Waals surface area (Å²) in [6, 6.07) is 5.84. The minimum absolute atomic E-state index is 0.673. The molecule has 0 bridgehead atoms. The molecule has 2 rings (SSSR count). The van der Waals surface area contributed by atoms with Crippen LogP contribution in [0.25, 0.3) is 0 Å². The third-order valence-electron chi connectivity index (χ3n) is 1.53. The Balaban J connectivity index is 1.98. The fourth-order valence-corrected chi connectivity index (χ4v) is 2.02. The van der Waals surface area contributed by atoms with E-state index in [2.05, 4.69) is 25.9 Å². The van der Waals surface area contributed by atoms with Gasteiger partial charge in [-0.2, -0.15) is 0 Å². The number of thioether (sulfide) groups is 1. The van der Waals surface area contributed by atoms with Gasteiger partial charge in [0.1, 0.15) is 10.9 Å². The zero-order chi connectivity index (χ0) is 9.80. The summed E-state index contributed by atoms with van der Waals surface area (Å²) in [4.78, 5) is 8.31. The molecule has 0 saturated carbocycles. The van der Waals surface area contributed by atoms with Gasteiger partial charge >= 0.3 is 0 Å². The Hall–Kier alpha value is -0.810. The van der Waals surface area contributed by atoms with Crippen molar-refractivity contribution in [2.24, 2.45) is 0 Å². The number of pyridine rings is 1. The zero-order valence-corrected chi connectivity index (χ0v) is 9.59. The standard InChI is InChI=1S/C9H7BrN2OS/c10-8-3-1-2-7(12-8)6-14-9-11-4-5-13-9/h1-5H,6H2. The lowest BCUT2D eigenvalue weighted by Gasteiger charge is -1.97. The van der Waals surface area contributed by atoms with Crippen molar-refractivity contribution >= 4 is 27.7 Å². The summed E-state index contributed by atoms with van der Waals surface area (Å²) >= 11 is 4.85. The quantitative estimate of drug-likeness (QED) is 0.635. The normalized spacial score (nSPS) is 10.4. The van der Waals surface area contributed by atoms with Crippen LogP contribution in [-0.2, 0) is 5.75 Å². The van der Waals surface area contributed by atoms with Gasteiger partial charge in [0.05, 0.1) is 11.9 Å². The summed E-state index contributed by atoms with van der Waals surface area (Å²) in [5.74, 6) is 0.764.